The lowest BCUT2D eigenvalue weighted by Gasteiger charge is -2.28. The maximum atomic E-state index is 5.77. The van der Waals surface area contributed by atoms with Gasteiger partial charge in [0.2, 0.25) is 0 Å². The number of allylic oxidation sites excluding steroid dienone is 1. The molecular formula is C17H18N4O. The third-order valence-corrected chi connectivity index (χ3v) is 4.21. The summed E-state index contributed by atoms with van der Waals surface area (Å²) in [7, 11) is 0. The quantitative estimate of drug-likeness (QED) is 0.858. The van der Waals surface area contributed by atoms with Gasteiger partial charge in [0, 0.05) is 30.8 Å². The maximum Gasteiger partial charge on any atom is 0.139 e. The van der Waals surface area contributed by atoms with Crippen LogP contribution >= 0.6 is 0 Å². The van der Waals surface area contributed by atoms with Crippen LogP contribution in [0.2, 0.25) is 0 Å². The molecule has 4 rings (SSSR count). The fourth-order valence-corrected chi connectivity index (χ4v) is 3.03. The monoisotopic (exact) mass is 294 g/mol. The van der Waals surface area contributed by atoms with E-state index < -0.39 is 0 Å². The first kappa shape index (κ1) is 13.3. The first-order valence-corrected chi connectivity index (χ1v) is 7.54. The number of benzene rings is 1. The number of nitrogens with two attached hydrogens (primary N) is 1. The van der Waals surface area contributed by atoms with Crippen LogP contribution in [0.1, 0.15) is 16.8 Å². The number of nitrogens with zero attached hydrogens (tertiary/aromatic N) is 3. The first-order chi connectivity index (χ1) is 10.8. The van der Waals surface area contributed by atoms with Gasteiger partial charge in [0.05, 0.1) is 18.9 Å². The molecule has 0 spiro atoms. The molecule has 2 aliphatic rings. The van der Waals surface area contributed by atoms with Gasteiger partial charge in [-0.3, -0.25) is 0 Å². The second-order valence-corrected chi connectivity index (χ2v) is 5.63. The van der Waals surface area contributed by atoms with E-state index >= 15 is 0 Å². The second kappa shape index (κ2) is 5.42. The topological polar surface area (TPSA) is 64.3 Å². The molecule has 1 aliphatic carbocycles. The molecule has 5 heteroatoms. The minimum Gasteiger partial charge on any atom is -0.399 e. The van der Waals surface area contributed by atoms with Gasteiger partial charge < -0.3 is 15.4 Å². The van der Waals surface area contributed by atoms with Crippen LogP contribution in [-0.2, 0) is 11.2 Å². The highest BCUT2D eigenvalue weighted by molar-refractivity contribution is 5.91. The highest BCUT2D eigenvalue weighted by atomic mass is 16.5. The molecule has 22 heavy (non-hydrogen) atoms. The van der Waals surface area contributed by atoms with Crippen molar-refractivity contribution in [3.05, 3.63) is 47.4 Å². The molecule has 2 N–H and O–H groups in total. The minimum atomic E-state index is 0.757. The Labute approximate surface area is 129 Å². The van der Waals surface area contributed by atoms with E-state index in [-0.39, 0.29) is 0 Å². The standard InChI is InChI=1S/C17H18N4O/c18-14-3-1-12(2-4-14)13-9-15-16(10-13)19-11-20-17(15)21-5-7-22-8-6-21/h1-4,9,11H,5-8,10,18H2. The number of hydrogen-bond acceptors (Lipinski definition) is 5. The number of anilines is 2. The van der Waals surface area contributed by atoms with E-state index in [9.17, 15) is 0 Å². The highest BCUT2D eigenvalue weighted by Gasteiger charge is 2.23. The van der Waals surface area contributed by atoms with Gasteiger partial charge in [-0.2, -0.15) is 0 Å². The number of nitrogen functional groups attached to an aromatic ring is 1. The summed E-state index contributed by atoms with van der Waals surface area (Å²) in [5, 5.41) is 0. The van der Waals surface area contributed by atoms with E-state index in [1.165, 1.54) is 11.1 Å². The van der Waals surface area contributed by atoms with E-state index in [1.54, 1.807) is 6.33 Å². The molecule has 1 fully saturated rings. The SMILES string of the molecule is Nc1ccc(C2=Cc3c(ncnc3N3CCOCC3)C2)cc1. The van der Waals surface area contributed by atoms with Crippen LogP contribution in [0, 0.1) is 0 Å². The third-order valence-electron chi connectivity index (χ3n) is 4.21. The van der Waals surface area contributed by atoms with Gasteiger partial charge in [-0.15, -0.1) is 0 Å². The van der Waals surface area contributed by atoms with Crippen molar-refractivity contribution in [1.29, 1.82) is 0 Å². The molecule has 1 aliphatic heterocycles. The van der Waals surface area contributed by atoms with Crippen molar-refractivity contribution in [3.63, 3.8) is 0 Å². The highest BCUT2D eigenvalue weighted by Crippen LogP contribution is 2.35. The van der Waals surface area contributed by atoms with Crippen LogP contribution in [0.3, 0.4) is 0 Å². The predicted molar refractivity (Wildman–Crippen MR) is 87.5 cm³/mol. The molecule has 1 aromatic heterocycles. The summed E-state index contributed by atoms with van der Waals surface area (Å²) in [4.78, 5) is 11.3. The normalized spacial score (nSPS) is 17.3. The fraction of sp³-hybridized carbons (Fsp3) is 0.294. The van der Waals surface area contributed by atoms with Gasteiger partial charge in [0.1, 0.15) is 12.1 Å². The average Bonchev–Trinajstić information content (AvgIpc) is 3.00. The van der Waals surface area contributed by atoms with Crippen molar-refractivity contribution in [2.24, 2.45) is 0 Å². The van der Waals surface area contributed by atoms with E-state index in [0.29, 0.717) is 0 Å². The number of hydrogen-bond donors (Lipinski definition) is 1. The lowest BCUT2D eigenvalue weighted by molar-refractivity contribution is 0.122. The van der Waals surface area contributed by atoms with Crippen molar-refractivity contribution in [2.45, 2.75) is 6.42 Å². The number of rotatable bonds is 2. The molecule has 0 radical (unpaired) electrons. The summed E-state index contributed by atoms with van der Waals surface area (Å²) in [5.41, 5.74) is 11.3. The molecule has 1 saturated heterocycles. The molecule has 0 bridgehead atoms. The number of ether oxygens (including phenoxy) is 1. The van der Waals surface area contributed by atoms with Gasteiger partial charge in [-0.05, 0) is 29.3 Å². The van der Waals surface area contributed by atoms with Gasteiger partial charge in [0.15, 0.2) is 0 Å². The molecule has 0 saturated carbocycles. The Kier molecular flexibility index (Phi) is 3.27. The molecule has 0 unspecified atom stereocenters. The average molecular weight is 294 g/mol. The van der Waals surface area contributed by atoms with E-state index in [1.807, 2.05) is 12.1 Å². The fourth-order valence-electron chi connectivity index (χ4n) is 3.03. The van der Waals surface area contributed by atoms with Gasteiger partial charge >= 0.3 is 0 Å². The van der Waals surface area contributed by atoms with Crippen LogP contribution < -0.4 is 10.6 Å². The van der Waals surface area contributed by atoms with E-state index in [0.717, 1.165) is 55.5 Å². The molecular weight excluding hydrogens is 276 g/mol. The van der Waals surface area contributed by atoms with E-state index in [2.05, 4.69) is 33.1 Å². The van der Waals surface area contributed by atoms with Crippen molar-refractivity contribution in [3.8, 4) is 0 Å². The summed E-state index contributed by atoms with van der Waals surface area (Å²) in [6, 6.07) is 8.01. The largest absolute Gasteiger partial charge is 0.399 e. The molecule has 2 heterocycles. The molecule has 0 atom stereocenters. The molecule has 0 amide bonds. The van der Waals surface area contributed by atoms with Crippen molar-refractivity contribution in [2.75, 3.05) is 36.9 Å². The molecule has 112 valence electrons. The number of fused-ring (bicyclic) bond motifs is 1. The molecule has 5 nitrogen and oxygen atoms in total. The van der Waals surface area contributed by atoms with Crippen LogP contribution in [0.4, 0.5) is 11.5 Å². The summed E-state index contributed by atoms with van der Waals surface area (Å²) in [6.07, 6.45) is 4.73. The predicted octanol–water partition coefficient (Wildman–Crippen LogP) is 1.99. The van der Waals surface area contributed by atoms with Crippen LogP contribution in [0.25, 0.3) is 11.6 Å². The Morgan fingerprint density at radius 1 is 1.05 bits per heavy atom. The minimum absolute atomic E-state index is 0.757. The Morgan fingerprint density at radius 3 is 2.59 bits per heavy atom. The van der Waals surface area contributed by atoms with Gasteiger partial charge in [-0.1, -0.05) is 12.1 Å². The van der Waals surface area contributed by atoms with Crippen LogP contribution in [0.15, 0.2) is 30.6 Å². The van der Waals surface area contributed by atoms with Gasteiger partial charge in [-0.25, -0.2) is 9.97 Å². The summed E-state index contributed by atoms with van der Waals surface area (Å²) in [5.74, 6) is 1.03. The maximum absolute atomic E-state index is 5.77. The number of morpholine rings is 1. The molecule has 1 aromatic carbocycles. The smallest absolute Gasteiger partial charge is 0.139 e. The molecule has 2 aromatic rings. The van der Waals surface area contributed by atoms with Crippen molar-refractivity contribution < 1.29 is 4.74 Å². The van der Waals surface area contributed by atoms with Gasteiger partial charge in [0.25, 0.3) is 0 Å². The first-order valence-electron chi connectivity index (χ1n) is 7.54. The van der Waals surface area contributed by atoms with Crippen LogP contribution in [-0.4, -0.2) is 36.3 Å². The second-order valence-electron chi connectivity index (χ2n) is 5.63. The van der Waals surface area contributed by atoms with Crippen LogP contribution in [0.5, 0.6) is 0 Å². The summed E-state index contributed by atoms with van der Waals surface area (Å²) < 4.78 is 5.43. The van der Waals surface area contributed by atoms with Crippen molar-refractivity contribution >= 4 is 23.2 Å². The summed E-state index contributed by atoms with van der Waals surface area (Å²) >= 11 is 0. The van der Waals surface area contributed by atoms with E-state index in [4.69, 9.17) is 10.5 Å². The Hall–Kier alpha value is -2.40. The third kappa shape index (κ3) is 2.33. The number of aromatic nitrogens is 2. The Bertz CT molecular complexity index is 718. The zero-order valence-electron chi connectivity index (χ0n) is 12.3. The Morgan fingerprint density at radius 2 is 1.82 bits per heavy atom. The zero-order valence-corrected chi connectivity index (χ0v) is 12.3. The lowest BCUT2D eigenvalue weighted by Crippen LogP contribution is -2.37. The zero-order chi connectivity index (χ0) is 14.9. The summed E-state index contributed by atoms with van der Waals surface area (Å²) in [6.45, 7) is 3.28. The van der Waals surface area contributed by atoms with Crippen molar-refractivity contribution in [1.82, 2.24) is 9.97 Å². The lowest BCUT2D eigenvalue weighted by atomic mass is 10.0. The Balaban J connectivity index is 1.69.